The van der Waals surface area contributed by atoms with Gasteiger partial charge in [-0.2, -0.15) is 0 Å². The molecule has 0 atom stereocenters. The van der Waals surface area contributed by atoms with Crippen LogP contribution >= 0.6 is 15.9 Å². The van der Waals surface area contributed by atoms with E-state index in [9.17, 15) is 9.59 Å². The van der Waals surface area contributed by atoms with Crippen LogP contribution in [0.15, 0.2) is 53.0 Å². The molecule has 0 unspecified atom stereocenters. The molecule has 0 amide bonds. The molecule has 0 bridgehead atoms. The maximum atomic E-state index is 12.4. The van der Waals surface area contributed by atoms with Crippen molar-refractivity contribution in [3.63, 3.8) is 0 Å². The summed E-state index contributed by atoms with van der Waals surface area (Å²) >= 11 is 3.36. The molecule has 0 saturated carbocycles. The van der Waals surface area contributed by atoms with Crippen molar-refractivity contribution in [3.8, 4) is 0 Å². The molecule has 0 aliphatic heterocycles. The molecule has 2 aromatic rings. The molecule has 138 valence electrons. The topological polar surface area (TPSA) is 52.6 Å². The molecule has 2 aromatic carbocycles. The van der Waals surface area contributed by atoms with E-state index in [1.807, 2.05) is 24.3 Å². The van der Waals surface area contributed by atoms with Gasteiger partial charge in [0.25, 0.3) is 0 Å². The fraction of sp³-hybridized carbons (Fsp3) is 0.333. The molecule has 0 radical (unpaired) electrons. The SMILES string of the molecule is CCCCCCOC(=O)c1ccccc1C(=O)OCc1ccc(Br)cc1. The second-order valence-corrected chi connectivity index (χ2v) is 6.86. The first kappa shape index (κ1) is 20.2. The monoisotopic (exact) mass is 418 g/mol. The van der Waals surface area contributed by atoms with Gasteiger partial charge in [-0.3, -0.25) is 0 Å². The minimum absolute atomic E-state index is 0.145. The third kappa shape index (κ3) is 6.30. The Morgan fingerprint density at radius 2 is 1.46 bits per heavy atom. The summed E-state index contributed by atoms with van der Waals surface area (Å²) in [5, 5.41) is 0. The Morgan fingerprint density at radius 3 is 2.08 bits per heavy atom. The van der Waals surface area contributed by atoms with E-state index >= 15 is 0 Å². The van der Waals surface area contributed by atoms with Crippen molar-refractivity contribution in [1.82, 2.24) is 0 Å². The maximum absolute atomic E-state index is 12.4. The van der Waals surface area contributed by atoms with Crippen LogP contribution < -0.4 is 0 Å². The number of unbranched alkanes of at least 4 members (excludes halogenated alkanes) is 3. The van der Waals surface area contributed by atoms with Crippen LogP contribution in [0.4, 0.5) is 0 Å². The summed E-state index contributed by atoms with van der Waals surface area (Å²) in [6, 6.07) is 14.1. The van der Waals surface area contributed by atoms with Crippen molar-refractivity contribution in [3.05, 3.63) is 69.7 Å². The van der Waals surface area contributed by atoms with Crippen LogP contribution in [0.2, 0.25) is 0 Å². The van der Waals surface area contributed by atoms with Gasteiger partial charge in [-0.25, -0.2) is 9.59 Å². The molecule has 0 aliphatic rings. The lowest BCUT2D eigenvalue weighted by molar-refractivity contribution is 0.0436. The van der Waals surface area contributed by atoms with Gasteiger partial charge in [0, 0.05) is 4.47 Å². The zero-order chi connectivity index (χ0) is 18.8. The zero-order valence-electron chi connectivity index (χ0n) is 14.9. The summed E-state index contributed by atoms with van der Waals surface area (Å²) in [5.74, 6) is -1.02. The van der Waals surface area contributed by atoms with Crippen LogP contribution in [0, 0.1) is 0 Å². The molecule has 26 heavy (non-hydrogen) atoms. The summed E-state index contributed by atoms with van der Waals surface area (Å²) in [7, 11) is 0. The van der Waals surface area contributed by atoms with Gasteiger partial charge in [0.15, 0.2) is 0 Å². The largest absolute Gasteiger partial charge is 0.462 e. The van der Waals surface area contributed by atoms with Gasteiger partial charge in [-0.05, 0) is 36.2 Å². The molecule has 0 N–H and O–H groups in total. The Balaban J connectivity index is 1.94. The van der Waals surface area contributed by atoms with Gasteiger partial charge in [0.1, 0.15) is 6.61 Å². The van der Waals surface area contributed by atoms with E-state index in [1.54, 1.807) is 24.3 Å². The predicted molar refractivity (Wildman–Crippen MR) is 104 cm³/mol. The number of benzene rings is 2. The number of hydrogen-bond acceptors (Lipinski definition) is 4. The van der Waals surface area contributed by atoms with Crippen LogP contribution in [0.3, 0.4) is 0 Å². The highest BCUT2D eigenvalue weighted by molar-refractivity contribution is 9.10. The van der Waals surface area contributed by atoms with Crippen LogP contribution in [0.25, 0.3) is 0 Å². The lowest BCUT2D eigenvalue weighted by Crippen LogP contribution is -2.14. The maximum Gasteiger partial charge on any atom is 0.339 e. The minimum atomic E-state index is -0.536. The molecular formula is C21H23BrO4. The van der Waals surface area contributed by atoms with Crippen LogP contribution in [0.5, 0.6) is 0 Å². The Bertz CT molecular complexity index is 725. The van der Waals surface area contributed by atoms with Gasteiger partial charge >= 0.3 is 11.9 Å². The molecule has 2 rings (SSSR count). The lowest BCUT2D eigenvalue weighted by Gasteiger charge is -2.10. The third-order valence-corrected chi connectivity index (χ3v) is 4.41. The molecule has 0 spiro atoms. The van der Waals surface area contributed by atoms with Gasteiger partial charge in [-0.1, -0.05) is 66.4 Å². The van der Waals surface area contributed by atoms with Gasteiger partial charge in [-0.15, -0.1) is 0 Å². The van der Waals surface area contributed by atoms with Crippen LogP contribution in [0.1, 0.15) is 58.9 Å². The van der Waals surface area contributed by atoms with Crippen molar-refractivity contribution in [2.45, 2.75) is 39.2 Å². The first-order valence-electron chi connectivity index (χ1n) is 8.79. The molecule has 0 aliphatic carbocycles. The highest BCUT2D eigenvalue weighted by Gasteiger charge is 2.19. The first-order chi connectivity index (χ1) is 12.6. The summed E-state index contributed by atoms with van der Waals surface area (Å²) in [4.78, 5) is 24.7. The normalized spacial score (nSPS) is 10.4. The smallest absolute Gasteiger partial charge is 0.339 e. The molecule has 0 aromatic heterocycles. The van der Waals surface area contributed by atoms with Gasteiger partial charge in [0.2, 0.25) is 0 Å². The Hall–Kier alpha value is -2.14. The number of esters is 2. The average molecular weight is 419 g/mol. The average Bonchev–Trinajstić information content (AvgIpc) is 2.67. The molecule has 0 saturated heterocycles. The Labute approximate surface area is 162 Å². The van der Waals surface area contributed by atoms with Crippen molar-refractivity contribution in [2.24, 2.45) is 0 Å². The zero-order valence-corrected chi connectivity index (χ0v) is 16.5. The second-order valence-electron chi connectivity index (χ2n) is 5.94. The quantitative estimate of drug-likeness (QED) is 0.396. The fourth-order valence-corrected chi connectivity index (χ4v) is 2.68. The van der Waals surface area contributed by atoms with Crippen molar-refractivity contribution < 1.29 is 19.1 Å². The summed E-state index contributed by atoms with van der Waals surface area (Å²) in [5.41, 5.74) is 1.34. The third-order valence-electron chi connectivity index (χ3n) is 3.88. The Kier molecular flexibility index (Phi) is 8.35. The standard InChI is InChI=1S/C21H23BrO4/c1-2-3-4-7-14-25-20(23)18-8-5-6-9-19(18)21(24)26-15-16-10-12-17(22)13-11-16/h5-6,8-13H,2-4,7,14-15H2,1H3. The summed E-state index contributed by atoms with van der Waals surface area (Å²) in [6.45, 7) is 2.63. The summed E-state index contributed by atoms with van der Waals surface area (Å²) < 4.78 is 11.6. The van der Waals surface area contributed by atoms with Crippen LogP contribution in [-0.2, 0) is 16.1 Å². The van der Waals surface area contributed by atoms with E-state index in [1.165, 1.54) is 0 Å². The highest BCUT2D eigenvalue weighted by atomic mass is 79.9. The van der Waals surface area contributed by atoms with E-state index in [0.717, 1.165) is 35.7 Å². The number of halogens is 1. The van der Waals surface area contributed by atoms with E-state index in [0.29, 0.717) is 6.61 Å². The molecular weight excluding hydrogens is 396 g/mol. The highest BCUT2D eigenvalue weighted by Crippen LogP contribution is 2.15. The van der Waals surface area contributed by atoms with Crippen molar-refractivity contribution >= 4 is 27.9 Å². The number of carbonyl (C=O) groups is 2. The molecule has 4 nitrogen and oxygen atoms in total. The van der Waals surface area contributed by atoms with Gasteiger partial charge < -0.3 is 9.47 Å². The van der Waals surface area contributed by atoms with Crippen molar-refractivity contribution in [1.29, 1.82) is 0 Å². The number of ether oxygens (including phenoxy) is 2. The van der Waals surface area contributed by atoms with E-state index < -0.39 is 11.9 Å². The van der Waals surface area contributed by atoms with E-state index in [2.05, 4.69) is 22.9 Å². The van der Waals surface area contributed by atoms with Crippen LogP contribution in [-0.4, -0.2) is 18.5 Å². The van der Waals surface area contributed by atoms with Crippen molar-refractivity contribution in [2.75, 3.05) is 6.61 Å². The fourth-order valence-electron chi connectivity index (χ4n) is 2.42. The van der Waals surface area contributed by atoms with Gasteiger partial charge in [0.05, 0.1) is 17.7 Å². The first-order valence-corrected chi connectivity index (χ1v) is 9.59. The molecule has 0 fully saturated rings. The second kappa shape index (κ2) is 10.8. The lowest BCUT2D eigenvalue weighted by atomic mass is 10.1. The predicted octanol–water partition coefficient (Wildman–Crippen LogP) is 5.54. The summed E-state index contributed by atoms with van der Waals surface area (Å²) in [6.07, 6.45) is 4.11. The molecule has 0 heterocycles. The Morgan fingerprint density at radius 1 is 0.846 bits per heavy atom. The van der Waals surface area contributed by atoms with E-state index in [-0.39, 0.29) is 17.7 Å². The number of rotatable bonds is 9. The number of hydrogen-bond donors (Lipinski definition) is 0. The number of carbonyl (C=O) groups excluding carboxylic acids is 2. The van der Waals surface area contributed by atoms with E-state index in [4.69, 9.17) is 9.47 Å². The minimum Gasteiger partial charge on any atom is -0.462 e. The molecule has 5 heteroatoms.